The van der Waals surface area contributed by atoms with Crippen molar-refractivity contribution in [2.24, 2.45) is 0 Å². The van der Waals surface area contributed by atoms with Gasteiger partial charge in [0.1, 0.15) is 0 Å². The number of halogens is 4. The fourth-order valence-electron chi connectivity index (χ4n) is 1.48. The number of carbonyl (C=O) groups is 1. The Labute approximate surface area is 140 Å². The largest absolute Gasteiger partial charge is 0.320 e. The second-order valence-electron chi connectivity index (χ2n) is 3.65. The van der Waals surface area contributed by atoms with E-state index < -0.39 is 0 Å². The highest BCUT2D eigenvalue weighted by atomic mass is 79.9. The molecule has 0 aliphatic rings. The van der Waals surface area contributed by atoms with Gasteiger partial charge in [-0.05, 0) is 72.1 Å². The smallest absolute Gasteiger partial charge is 0.257 e. The van der Waals surface area contributed by atoms with Crippen molar-refractivity contribution in [1.82, 2.24) is 0 Å². The van der Waals surface area contributed by atoms with Crippen molar-refractivity contribution in [1.29, 1.82) is 0 Å². The minimum Gasteiger partial charge on any atom is -0.320 e. The molecule has 1 N–H and O–H groups in total. The Balaban J connectivity index is 2.34. The Morgan fingerprint density at radius 3 is 2.11 bits per heavy atom. The molecule has 0 spiro atoms. The number of anilines is 1. The highest BCUT2D eigenvalue weighted by Crippen LogP contribution is 2.32. The summed E-state index contributed by atoms with van der Waals surface area (Å²) in [5.74, 6) is -0.265. The summed E-state index contributed by atoms with van der Waals surface area (Å²) in [5.41, 5.74) is 1.09. The van der Waals surface area contributed by atoms with Gasteiger partial charge in [0.15, 0.2) is 0 Å². The van der Waals surface area contributed by atoms with Crippen LogP contribution in [-0.2, 0) is 0 Å². The second kappa shape index (κ2) is 6.39. The summed E-state index contributed by atoms with van der Waals surface area (Å²) in [4.78, 5) is 12.2. The molecule has 0 unspecified atom stereocenters. The summed E-state index contributed by atoms with van der Waals surface area (Å²) in [5, 5.41) is 3.22. The van der Waals surface area contributed by atoms with Crippen molar-refractivity contribution in [3.05, 3.63) is 60.4 Å². The van der Waals surface area contributed by atoms with Gasteiger partial charge < -0.3 is 5.32 Å². The first-order valence-electron chi connectivity index (χ1n) is 5.20. The normalized spacial score (nSPS) is 10.3. The van der Waals surface area contributed by atoms with E-state index in [1.54, 1.807) is 18.2 Å². The Morgan fingerprint density at radius 1 is 0.947 bits per heavy atom. The van der Waals surface area contributed by atoms with E-state index in [0.29, 0.717) is 20.7 Å². The third-order valence-electron chi connectivity index (χ3n) is 2.40. The van der Waals surface area contributed by atoms with Gasteiger partial charge in [-0.25, -0.2) is 0 Å². The van der Waals surface area contributed by atoms with Crippen LogP contribution in [0, 0.1) is 0 Å². The molecule has 0 aromatic heterocycles. The summed E-state index contributed by atoms with van der Waals surface area (Å²) in [6.45, 7) is 0. The second-order valence-corrected chi connectivity index (χ2v) is 6.59. The van der Waals surface area contributed by atoms with Crippen LogP contribution in [0.1, 0.15) is 10.4 Å². The Morgan fingerprint density at radius 2 is 1.47 bits per heavy atom. The molecule has 0 radical (unpaired) electrons. The van der Waals surface area contributed by atoms with E-state index in [1.165, 1.54) is 0 Å². The molecule has 0 atom stereocenters. The van der Waals surface area contributed by atoms with Crippen LogP contribution in [-0.4, -0.2) is 5.91 Å². The molecular formula is C13H7Br3ClNO. The van der Waals surface area contributed by atoms with Crippen LogP contribution < -0.4 is 5.32 Å². The molecular weight excluding hydrogens is 461 g/mol. The Bertz CT molecular complexity index is 626. The number of amides is 1. The summed E-state index contributed by atoms with van der Waals surface area (Å²) < 4.78 is 2.27. The van der Waals surface area contributed by atoms with Crippen LogP contribution in [0.2, 0.25) is 5.02 Å². The first-order valence-corrected chi connectivity index (χ1v) is 7.96. The van der Waals surface area contributed by atoms with E-state index in [0.717, 1.165) is 8.95 Å². The molecule has 2 aromatic rings. The van der Waals surface area contributed by atoms with Gasteiger partial charge in [0.05, 0.1) is 16.3 Å². The first-order chi connectivity index (χ1) is 9.00. The molecule has 98 valence electrons. The maximum atomic E-state index is 12.2. The lowest BCUT2D eigenvalue weighted by molar-refractivity contribution is 0.102. The standard InChI is InChI=1S/C13H7Br3ClNO/c14-8-4-1-3-7(11(8)17)13(19)18-12-9(15)5-2-6-10(12)16/h1-6H,(H,18,19). The van der Waals surface area contributed by atoms with Crippen LogP contribution in [0.3, 0.4) is 0 Å². The van der Waals surface area contributed by atoms with Crippen molar-refractivity contribution >= 4 is 71.0 Å². The Hall–Kier alpha value is -0.360. The van der Waals surface area contributed by atoms with Gasteiger partial charge in [0, 0.05) is 13.4 Å². The minimum atomic E-state index is -0.265. The minimum absolute atomic E-state index is 0.265. The summed E-state index contributed by atoms with van der Waals surface area (Å²) in [6.07, 6.45) is 0. The van der Waals surface area contributed by atoms with E-state index in [4.69, 9.17) is 11.6 Å². The van der Waals surface area contributed by atoms with E-state index in [9.17, 15) is 4.79 Å². The number of hydrogen-bond acceptors (Lipinski definition) is 1. The monoisotopic (exact) mass is 465 g/mol. The quantitative estimate of drug-likeness (QED) is 0.586. The Kier molecular flexibility index (Phi) is 5.06. The molecule has 2 nitrogen and oxygen atoms in total. The number of para-hydroxylation sites is 1. The number of rotatable bonds is 2. The molecule has 6 heteroatoms. The van der Waals surface area contributed by atoms with Crippen LogP contribution in [0.25, 0.3) is 0 Å². The molecule has 19 heavy (non-hydrogen) atoms. The molecule has 0 saturated carbocycles. The van der Waals surface area contributed by atoms with Crippen molar-refractivity contribution in [2.45, 2.75) is 0 Å². The topological polar surface area (TPSA) is 29.1 Å². The SMILES string of the molecule is O=C(Nc1c(Br)cccc1Br)c1cccc(Br)c1Cl. The molecule has 0 bridgehead atoms. The molecule has 1 amide bonds. The van der Waals surface area contributed by atoms with E-state index in [2.05, 4.69) is 53.1 Å². The van der Waals surface area contributed by atoms with E-state index in [1.807, 2.05) is 18.2 Å². The molecule has 2 rings (SSSR count). The average molecular weight is 468 g/mol. The van der Waals surface area contributed by atoms with Crippen molar-refractivity contribution in [3.63, 3.8) is 0 Å². The van der Waals surface area contributed by atoms with Gasteiger partial charge in [0.2, 0.25) is 0 Å². The lowest BCUT2D eigenvalue weighted by atomic mass is 10.2. The first kappa shape index (κ1) is 15.0. The summed E-state index contributed by atoms with van der Waals surface area (Å²) in [7, 11) is 0. The maximum Gasteiger partial charge on any atom is 0.257 e. The van der Waals surface area contributed by atoms with Gasteiger partial charge in [-0.3, -0.25) is 4.79 Å². The fraction of sp³-hybridized carbons (Fsp3) is 0. The highest BCUT2D eigenvalue weighted by molar-refractivity contribution is 9.11. The number of benzene rings is 2. The third kappa shape index (κ3) is 3.40. The van der Waals surface area contributed by atoms with Gasteiger partial charge in [0.25, 0.3) is 5.91 Å². The zero-order chi connectivity index (χ0) is 14.0. The van der Waals surface area contributed by atoms with Crippen LogP contribution in [0.4, 0.5) is 5.69 Å². The number of hydrogen-bond donors (Lipinski definition) is 1. The highest BCUT2D eigenvalue weighted by Gasteiger charge is 2.15. The maximum absolute atomic E-state index is 12.2. The van der Waals surface area contributed by atoms with Crippen molar-refractivity contribution < 1.29 is 4.79 Å². The zero-order valence-corrected chi connectivity index (χ0v) is 14.9. The fourth-order valence-corrected chi connectivity index (χ4v) is 3.25. The van der Waals surface area contributed by atoms with Crippen molar-refractivity contribution in [3.8, 4) is 0 Å². The predicted molar refractivity (Wildman–Crippen MR) is 88.9 cm³/mol. The van der Waals surface area contributed by atoms with Gasteiger partial charge >= 0.3 is 0 Å². The van der Waals surface area contributed by atoms with Gasteiger partial charge in [-0.1, -0.05) is 23.7 Å². The average Bonchev–Trinajstić information content (AvgIpc) is 2.37. The molecule has 0 fully saturated rings. The molecule has 0 heterocycles. The number of carbonyl (C=O) groups excluding carboxylic acids is 1. The zero-order valence-electron chi connectivity index (χ0n) is 9.38. The lowest BCUT2D eigenvalue weighted by Crippen LogP contribution is -2.13. The van der Waals surface area contributed by atoms with E-state index >= 15 is 0 Å². The molecule has 2 aromatic carbocycles. The van der Waals surface area contributed by atoms with Gasteiger partial charge in [-0.15, -0.1) is 0 Å². The molecule has 0 saturated heterocycles. The number of nitrogens with one attached hydrogen (secondary N) is 1. The van der Waals surface area contributed by atoms with Crippen LogP contribution in [0.15, 0.2) is 49.8 Å². The summed E-state index contributed by atoms with van der Waals surface area (Å²) in [6, 6.07) is 10.8. The predicted octanol–water partition coefficient (Wildman–Crippen LogP) is 5.88. The van der Waals surface area contributed by atoms with Crippen LogP contribution >= 0.6 is 59.4 Å². The van der Waals surface area contributed by atoms with Crippen LogP contribution in [0.5, 0.6) is 0 Å². The lowest BCUT2D eigenvalue weighted by Gasteiger charge is -2.11. The molecule has 0 aliphatic heterocycles. The van der Waals surface area contributed by atoms with E-state index in [-0.39, 0.29) is 5.91 Å². The van der Waals surface area contributed by atoms with Crippen molar-refractivity contribution in [2.75, 3.05) is 5.32 Å². The molecule has 0 aliphatic carbocycles. The third-order valence-corrected chi connectivity index (χ3v) is 5.02. The van der Waals surface area contributed by atoms with Gasteiger partial charge in [-0.2, -0.15) is 0 Å². The summed E-state index contributed by atoms with van der Waals surface area (Å²) >= 11 is 16.2.